The van der Waals surface area contributed by atoms with E-state index in [1.165, 1.54) is 11.1 Å². The van der Waals surface area contributed by atoms with Crippen LogP contribution in [0.15, 0.2) is 24.3 Å². The van der Waals surface area contributed by atoms with Gasteiger partial charge >= 0.3 is 0 Å². The molecule has 0 bridgehead atoms. The fraction of sp³-hybridized carbons (Fsp3) is 0.462. The molecule has 1 aliphatic heterocycles. The van der Waals surface area contributed by atoms with Gasteiger partial charge in [0.15, 0.2) is 0 Å². The molecule has 0 saturated heterocycles. The monoisotopic (exact) mass is 234 g/mol. The van der Waals surface area contributed by atoms with Gasteiger partial charge in [0.05, 0.1) is 19.3 Å². The second kappa shape index (κ2) is 5.80. The molecule has 0 aromatic heterocycles. The molecule has 3 N–H and O–H groups in total. The first-order valence-electron chi connectivity index (χ1n) is 5.94. The Morgan fingerprint density at radius 1 is 1.47 bits per heavy atom. The lowest BCUT2D eigenvalue weighted by Crippen LogP contribution is -2.30. The number of benzene rings is 1. The number of carbonyl (C=O) groups excluding carboxylic acids is 1. The lowest BCUT2D eigenvalue weighted by molar-refractivity contribution is -0.118. The van der Waals surface area contributed by atoms with Gasteiger partial charge < -0.3 is 15.8 Å². The molecule has 1 aliphatic rings. The second-order valence-corrected chi connectivity index (χ2v) is 4.29. The summed E-state index contributed by atoms with van der Waals surface area (Å²) in [5.41, 5.74) is 7.64. The summed E-state index contributed by atoms with van der Waals surface area (Å²) in [6, 6.07) is 8.52. The van der Waals surface area contributed by atoms with Crippen LogP contribution >= 0.6 is 0 Å². The number of carbonyl (C=O) groups is 1. The molecule has 1 heterocycles. The number of amides is 1. The minimum absolute atomic E-state index is 0.229. The van der Waals surface area contributed by atoms with E-state index in [1.54, 1.807) is 0 Å². The minimum Gasteiger partial charge on any atom is -0.375 e. The predicted molar refractivity (Wildman–Crippen MR) is 65.3 cm³/mol. The summed E-state index contributed by atoms with van der Waals surface area (Å²) < 4.78 is 5.53. The highest BCUT2D eigenvalue weighted by Gasteiger charge is 2.19. The Hall–Kier alpha value is -1.39. The Morgan fingerprint density at radius 3 is 3.12 bits per heavy atom. The van der Waals surface area contributed by atoms with Crippen molar-refractivity contribution < 1.29 is 9.53 Å². The van der Waals surface area contributed by atoms with Crippen LogP contribution in [0.4, 0.5) is 0 Å². The standard InChI is InChI=1S/C13H18N2O2/c14-13(16)6-3-7-15-12-9-17-8-10-4-1-2-5-11(10)12/h1-2,4-5,12,15H,3,6-9H2,(H2,14,16). The quantitative estimate of drug-likeness (QED) is 0.750. The fourth-order valence-electron chi connectivity index (χ4n) is 2.09. The molecule has 2 rings (SSSR count). The highest BCUT2D eigenvalue weighted by molar-refractivity contribution is 5.73. The molecule has 0 radical (unpaired) electrons. The summed E-state index contributed by atoms with van der Waals surface area (Å²) in [5, 5.41) is 3.40. The van der Waals surface area contributed by atoms with Gasteiger partial charge in [-0.25, -0.2) is 0 Å². The van der Waals surface area contributed by atoms with Gasteiger partial charge in [0.1, 0.15) is 0 Å². The summed E-state index contributed by atoms with van der Waals surface area (Å²) in [5.74, 6) is -0.243. The predicted octanol–water partition coefficient (Wildman–Crippen LogP) is 1.11. The highest BCUT2D eigenvalue weighted by atomic mass is 16.5. The Kier molecular flexibility index (Phi) is 4.12. The maximum absolute atomic E-state index is 10.6. The fourth-order valence-corrected chi connectivity index (χ4v) is 2.09. The van der Waals surface area contributed by atoms with Crippen LogP contribution < -0.4 is 11.1 Å². The van der Waals surface area contributed by atoms with E-state index in [4.69, 9.17) is 10.5 Å². The zero-order valence-electron chi connectivity index (χ0n) is 9.82. The molecule has 4 nitrogen and oxygen atoms in total. The maximum Gasteiger partial charge on any atom is 0.217 e. The van der Waals surface area contributed by atoms with Crippen LogP contribution in [0.25, 0.3) is 0 Å². The van der Waals surface area contributed by atoms with Crippen molar-refractivity contribution in [3.8, 4) is 0 Å². The summed E-state index contributed by atoms with van der Waals surface area (Å²) in [6.45, 7) is 2.16. The first kappa shape index (κ1) is 12.1. The number of ether oxygens (including phenoxy) is 1. The topological polar surface area (TPSA) is 64.4 Å². The number of nitrogens with two attached hydrogens (primary N) is 1. The molecule has 4 heteroatoms. The summed E-state index contributed by atoms with van der Waals surface area (Å²) in [6.07, 6.45) is 1.20. The lowest BCUT2D eigenvalue weighted by Gasteiger charge is -2.26. The Balaban J connectivity index is 1.88. The molecular formula is C13H18N2O2. The number of hydrogen-bond acceptors (Lipinski definition) is 3. The van der Waals surface area contributed by atoms with Gasteiger partial charge in [-0.05, 0) is 24.1 Å². The molecule has 0 aliphatic carbocycles. The third-order valence-corrected chi connectivity index (χ3v) is 2.96. The molecule has 92 valence electrons. The number of nitrogens with one attached hydrogen (secondary N) is 1. The van der Waals surface area contributed by atoms with Crippen molar-refractivity contribution in [1.82, 2.24) is 5.32 Å². The van der Waals surface area contributed by atoms with Crippen molar-refractivity contribution >= 4 is 5.91 Å². The van der Waals surface area contributed by atoms with E-state index < -0.39 is 0 Å². The van der Waals surface area contributed by atoms with Crippen molar-refractivity contribution in [2.45, 2.75) is 25.5 Å². The van der Waals surface area contributed by atoms with E-state index in [2.05, 4.69) is 17.4 Å². The number of primary amides is 1. The second-order valence-electron chi connectivity index (χ2n) is 4.29. The van der Waals surface area contributed by atoms with Gasteiger partial charge in [-0.2, -0.15) is 0 Å². The summed E-state index contributed by atoms with van der Waals surface area (Å²) >= 11 is 0. The van der Waals surface area contributed by atoms with Crippen molar-refractivity contribution in [3.63, 3.8) is 0 Å². The van der Waals surface area contributed by atoms with E-state index in [1.807, 2.05) is 12.1 Å². The zero-order chi connectivity index (χ0) is 12.1. The first-order chi connectivity index (χ1) is 8.27. The van der Waals surface area contributed by atoms with E-state index >= 15 is 0 Å². The number of rotatable bonds is 5. The molecular weight excluding hydrogens is 216 g/mol. The van der Waals surface area contributed by atoms with Crippen LogP contribution in [0.2, 0.25) is 0 Å². The van der Waals surface area contributed by atoms with Crippen LogP contribution in [0, 0.1) is 0 Å². The third-order valence-electron chi connectivity index (χ3n) is 2.96. The van der Waals surface area contributed by atoms with Crippen molar-refractivity contribution in [1.29, 1.82) is 0 Å². The molecule has 0 saturated carbocycles. The van der Waals surface area contributed by atoms with Crippen LogP contribution in [-0.2, 0) is 16.1 Å². The Bertz CT molecular complexity index is 393. The molecule has 0 fully saturated rings. The third kappa shape index (κ3) is 3.28. The molecule has 1 aromatic rings. The van der Waals surface area contributed by atoms with E-state index in [-0.39, 0.29) is 11.9 Å². The lowest BCUT2D eigenvalue weighted by atomic mass is 9.99. The van der Waals surface area contributed by atoms with Crippen LogP contribution in [0.5, 0.6) is 0 Å². The molecule has 0 spiro atoms. The van der Waals surface area contributed by atoms with Crippen LogP contribution in [0.3, 0.4) is 0 Å². The Labute approximate surface area is 101 Å². The smallest absolute Gasteiger partial charge is 0.217 e. The van der Waals surface area contributed by atoms with Gasteiger partial charge in [0, 0.05) is 6.42 Å². The first-order valence-corrected chi connectivity index (χ1v) is 5.94. The zero-order valence-corrected chi connectivity index (χ0v) is 9.82. The molecule has 1 aromatic carbocycles. The molecule has 1 unspecified atom stereocenters. The maximum atomic E-state index is 10.6. The van der Waals surface area contributed by atoms with Crippen LogP contribution in [0.1, 0.15) is 30.0 Å². The van der Waals surface area contributed by atoms with E-state index in [0.717, 1.165) is 13.0 Å². The highest BCUT2D eigenvalue weighted by Crippen LogP contribution is 2.24. The van der Waals surface area contributed by atoms with Gasteiger partial charge in [-0.3, -0.25) is 4.79 Å². The van der Waals surface area contributed by atoms with Crippen molar-refractivity contribution in [2.75, 3.05) is 13.2 Å². The molecule has 1 atom stereocenters. The van der Waals surface area contributed by atoms with Gasteiger partial charge in [0.2, 0.25) is 5.91 Å². The normalized spacial score (nSPS) is 18.7. The van der Waals surface area contributed by atoms with Gasteiger partial charge in [-0.1, -0.05) is 24.3 Å². The van der Waals surface area contributed by atoms with Crippen molar-refractivity contribution in [3.05, 3.63) is 35.4 Å². The minimum atomic E-state index is -0.243. The summed E-state index contributed by atoms with van der Waals surface area (Å²) in [4.78, 5) is 10.6. The molecule has 1 amide bonds. The number of fused-ring (bicyclic) bond motifs is 1. The Morgan fingerprint density at radius 2 is 2.29 bits per heavy atom. The SMILES string of the molecule is NC(=O)CCCNC1COCc2ccccc21. The van der Waals surface area contributed by atoms with E-state index in [0.29, 0.717) is 19.6 Å². The van der Waals surface area contributed by atoms with Gasteiger partial charge in [0.25, 0.3) is 0 Å². The van der Waals surface area contributed by atoms with E-state index in [9.17, 15) is 4.79 Å². The molecule has 17 heavy (non-hydrogen) atoms. The average Bonchev–Trinajstić information content (AvgIpc) is 2.34. The van der Waals surface area contributed by atoms with Gasteiger partial charge in [-0.15, -0.1) is 0 Å². The summed E-state index contributed by atoms with van der Waals surface area (Å²) in [7, 11) is 0. The number of hydrogen-bond donors (Lipinski definition) is 2. The largest absolute Gasteiger partial charge is 0.375 e. The average molecular weight is 234 g/mol. The van der Waals surface area contributed by atoms with Crippen LogP contribution in [-0.4, -0.2) is 19.1 Å². The van der Waals surface area contributed by atoms with Crippen molar-refractivity contribution in [2.24, 2.45) is 5.73 Å².